The Labute approximate surface area is 179 Å². The molecule has 1 aliphatic carbocycles. The maximum absolute atomic E-state index is 12.4. The molecule has 2 aromatic rings. The van der Waals surface area contributed by atoms with Gasteiger partial charge in [0.15, 0.2) is 0 Å². The Morgan fingerprint density at radius 2 is 1.83 bits per heavy atom. The molecule has 0 bridgehead atoms. The van der Waals surface area contributed by atoms with Gasteiger partial charge >= 0.3 is 5.97 Å². The predicted molar refractivity (Wildman–Crippen MR) is 117 cm³/mol. The number of hydrogen-bond donors (Lipinski definition) is 0. The molecule has 0 aromatic heterocycles. The Kier molecular flexibility index (Phi) is 5.39. The van der Waals surface area contributed by atoms with Gasteiger partial charge in [0.25, 0.3) is 0 Å². The van der Waals surface area contributed by atoms with Gasteiger partial charge in [0.1, 0.15) is 5.75 Å². The molecule has 0 spiro atoms. The van der Waals surface area contributed by atoms with Crippen LogP contribution in [-0.2, 0) is 25.1 Å². The number of ether oxygens (including phenoxy) is 3. The van der Waals surface area contributed by atoms with E-state index in [4.69, 9.17) is 14.2 Å². The van der Waals surface area contributed by atoms with E-state index in [1.807, 2.05) is 19.1 Å². The molecule has 0 fully saturated rings. The van der Waals surface area contributed by atoms with E-state index in [0.717, 1.165) is 29.7 Å². The van der Waals surface area contributed by atoms with Crippen LogP contribution >= 0.6 is 0 Å². The van der Waals surface area contributed by atoms with Gasteiger partial charge < -0.3 is 14.2 Å². The Morgan fingerprint density at radius 1 is 1.10 bits per heavy atom. The van der Waals surface area contributed by atoms with Crippen molar-refractivity contribution in [2.75, 3.05) is 13.7 Å². The van der Waals surface area contributed by atoms with Gasteiger partial charge in [-0.25, -0.2) is 0 Å². The van der Waals surface area contributed by atoms with Gasteiger partial charge in [0.05, 0.1) is 32.3 Å². The Morgan fingerprint density at radius 3 is 2.50 bits per heavy atom. The summed E-state index contributed by atoms with van der Waals surface area (Å²) in [6, 6.07) is 14.6. The van der Waals surface area contributed by atoms with Crippen LogP contribution in [0.4, 0.5) is 0 Å². The van der Waals surface area contributed by atoms with Gasteiger partial charge in [0.2, 0.25) is 0 Å². The SMILES string of the molecule is CCOC(=O)C[C@@H]1O[C@H](c2ccc(OC)cc2)[C@@]2(C)CCC(C)(C)c3cccc1c32. The van der Waals surface area contributed by atoms with Crippen molar-refractivity contribution in [3.8, 4) is 5.75 Å². The van der Waals surface area contributed by atoms with E-state index in [2.05, 4.69) is 51.1 Å². The molecule has 160 valence electrons. The zero-order valence-corrected chi connectivity index (χ0v) is 18.7. The monoisotopic (exact) mass is 408 g/mol. The molecule has 0 N–H and O–H groups in total. The van der Waals surface area contributed by atoms with Gasteiger partial charge in [-0.1, -0.05) is 51.1 Å². The number of hydrogen-bond acceptors (Lipinski definition) is 4. The first-order valence-electron chi connectivity index (χ1n) is 10.9. The van der Waals surface area contributed by atoms with Gasteiger partial charge in [0, 0.05) is 5.41 Å². The summed E-state index contributed by atoms with van der Waals surface area (Å²) in [6.45, 7) is 9.18. The minimum Gasteiger partial charge on any atom is -0.497 e. The highest BCUT2D eigenvalue weighted by Crippen LogP contribution is 2.58. The maximum Gasteiger partial charge on any atom is 0.308 e. The highest BCUT2D eigenvalue weighted by Gasteiger charge is 2.51. The zero-order chi connectivity index (χ0) is 21.5. The summed E-state index contributed by atoms with van der Waals surface area (Å²) in [5, 5.41) is 0. The molecule has 2 aliphatic rings. The quantitative estimate of drug-likeness (QED) is 0.588. The molecule has 4 nitrogen and oxygen atoms in total. The fourth-order valence-corrected chi connectivity index (χ4v) is 5.28. The van der Waals surface area contributed by atoms with Crippen LogP contribution in [0.5, 0.6) is 5.75 Å². The number of carbonyl (C=O) groups excluding carboxylic acids is 1. The van der Waals surface area contributed by atoms with Crippen LogP contribution < -0.4 is 4.74 Å². The Balaban J connectivity index is 1.85. The number of carbonyl (C=O) groups is 1. The normalized spacial score (nSPS) is 26.6. The molecular formula is C26H32O4. The summed E-state index contributed by atoms with van der Waals surface area (Å²) in [6.07, 6.45) is 1.92. The van der Waals surface area contributed by atoms with Crippen LogP contribution in [0.1, 0.15) is 81.4 Å². The topological polar surface area (TPSA) is 44.8 Å². The lowest BCUT2D eigenvalue weighted by Crippen LogP contribution is -2.45. The Bertz CT molecular complexity index is 931. The lowest BCUT2D eigenvalue weighted by atomic mass is 9.57. The van der Waals surface area contributed by atoms with Crippen molar-refractivity contribution in [2.24, 2.45) is 0 Å². The first kappa shape index (κ1) is 20.9. The lowest BCUT2D eigenvalue weighted by molar-refractivity contribution is -0.151. The van der Waals surface area contributed by atoms with Crippen molar-refractivity contribution in [1.82, 2.24) is 0 Å². The number of benzene rings is 2. The summed E-state index contributed by atoms with van der Waals surface area (Å²) in [7, 11) is 1.68. The van der Waals surface area contributed by atoms with E-state index in [1.165, 1.54) is 11.1 Å². The molecule has 4 heteroatoms. The van der Waals surface area contributed by atoms with E-state index in [9.17, 15) is 4.79 Å². The van der Waals surface area contributed by atoms with Gasteiger partial charge in [-0.15, -0.1) is 0 Å². The predicted octanol–water partition coefficient (Wildman–Crippen LogP) is 5.79. The summed E-state index contributed by atoms with van der Waals surface area (Å²) in [5.74, 6) is 0.612. The lowest BCUT2D eigenvalue weighted by Gasteiger charge is -2.52. The molecule has 1 heterocycles. The fraction of sp³-hybridized carbons (Fsp3) is 0.500. The molecule has 4 rings (SSSR count). The molecule has 30 heavy (non-hydrogen) atoms. The molecule has 0 amide bonds. The summed E-state index contributed by atoms with van der Waals surface area (Å²) >= 11 is 0. The van der Waals surface area contributed by atoms with Crippen LogP contribution in [0.15, 0.2) is 42.5 Å². The van der Waals surface area contributed by atoms with E-state index in [-0.39, 0.29) is 35.4 Å². The van der Waals surface area contributed by atoms with Gasteiger partial charge in [-0.2, -0.15) is 0 Å². The van der Waals surface area contributed by atoms with Crippen LogP contribution in [0.25, 0.3) is 0 Å². The van der Waals surface area contributed by atoms with E-state index >= 15 is 0 Å². The average molecular weight is 409 g/mol. The van der Waals surface area contributed by atoms with Gasteiger partial charge in [-0.05, 0) is 59.6 Å². The molecule has 0 radical (unpaired) electrons. The zero-order valence-electron chi connectivity index (χ0n) is 18.7. The second-order valence-corrected chi connectivity index (χ2v) is 9.36. The largest absolute Gasteiger partial charge is 0.497 e. The maximum atomic E-state index is 12.4. The van der Waals surface area contributed by atoms with Crippen molar-refractivity contribution >= 4 is 5.97 Å². The van der Waals surface area contributed by atoms with Crippen molar-refractivity contribution in [3.63, 3.8) is 0 Å². The first-order valence-corrected chi connectivity index (χ1v) is 10.9. The third-order valence-electron chi connectivity index (χ3n) is 6.97. The molecular weight excluding hydrogens is 376 g/mol. The molecule has 0 saturated heterocycles. The fourth-order valence-electron chi connectivity index (χ4n) is 5.28. The van der Waals surface area contributed by atoms with Gasteiger partial charge in [-0.3, -0.25) is 4.79 Å². The smallest absolute Gasteiger partial charge is 0.308 e. The number of rotatable bonds is 5. The van der Waals surface area contributed by atoms with Crippen molar-refractivity contribution < 1.29 is 19.0 Å². The molecule has 1 aliphatic heterocycles. The van der Waals surface area contributed by atoms with E-state index in [0.29, 0.717) is 6.61 Å². The highest BCUT2D eigenvalue weighted by atomic mass is 16.5. The summed E-state index contributed by atoms with van der Waals surface area (Å²) in [4.78, 5) is 12.4. The summed E-state index contributed by atoms with van der Waals surface area (Å²) in [5.41, 5.74) is 4.95. The van der Waals surface area contributed by atoms with Crippen LogP contribution in [0.3, 0.4) is 0 Å². The minimum atomic E-state index is -0.312. The molecule has 0 unspecified atom stereocenters. The average Bonchev–Trinajstić information content (AvgIpc) is 2.74. The van der Waals surface area contributed by atoms with Crippen LogP contribution in [-0.4, -0.2) is 19.7 Å². The third-order valence-corrected chi connectivity index (χ3v) is 6.97. The van der Waals surface area contributed by atoms with Crippen LogP contribution in [0.2, 0.25) is 0 Å². The molecule has 3 atom stereocenters. The highest BCUT2D eigenvalue weighted by molar-refractivity contribution is 5.70. The second-order valence-electron chi connectivity index (χ2n) is 9.36. The standard InChI is InChI=1S/C26H32O4/c1-6-29-22(27)16-21-19-8-7-9-20-23(19)26(4,15-14-25(20,2)3)24(30-21)17-10-12-18(28-5)13-11-17/h7-13,21,24H,6,14-16H2,1-5H3/t21-,24+,26-/m0/s1. The van der Waals surface area contributed by atoms with Crippen LogP contribution in [0, 0.1) is 0 Å². The first-order chi connectivity index (χ1) is 14.3. The Hall–Kier alpha value is -2.33. The van der Waals surface area contributed by atoms with Crippen molar-refractivity contribution in [1.29, 1.82) is 0 Å². The van der Waals surface area contributed by atoms with Crippen molar-refractivity contribution in [3.05, 3.63) is 64.7 Å². The minimum absolute atomic E-state index is 0.0983. The van der Waals surface area contributed by atoms with E-state index < -0.39 is 0 Å². The molecule has 2 aromatic carbocycles. The number of methoxy groups -OCH3 is 1. The van der Waals surface area contributed by atoms with E-state index in [1.54, 1.807) is 7.11 Å². The summed E-state index contributed by atoms with van der Waals surface area (Å²) < 4.78 is 17.3. The van der Waals surface area contributed by atoms with Crippen molar-refractivity contribution in [2.45, 2.75) is 70.0 Å². The number of esters is 1. The second kappa shape index (κ2) is 7.73. The molecule has 0 saturated carbocycles. The third kappa shape index (κ3) is 3.41.